The van der Waals surface area contributed by atoms with E-state index in [0.29, 0.717) is 11.1 Å². The van der Waals surface area contributed by atoms with Gasteiger partial charge < -0.3 is 5.11 Å². The highest BCUT2D eigenvalue weighted by Gasteiger charge is 2.20. The SMILES string of the molecule is O=C(c1ccccc1)c1cccc(C(=O)c2ccccc2)c1O. The van der Waals surface area contributed by atoms with Gasteiger partial charge in [-0.25, -0.2) is 0 Å². The Hall–Kier alpha value is -3.20. The molecule has 0 unspecified atom stereocenters. The molecule has 3 nitrogen and oxygen atoms in total. The molecule has 112 valence electrons. The van der Waals surface area contributed by atoms with Gasteiger partial charge in [0.05, 0.1) is 11.1 Å². The van der Waals surface area contributed by atoms with E-state index in [0.717, 1.165) is 0 Å². The van der Waals surface area contributed by atoms with Crippen molar-refractivity contribution in [3.63, 3.8) is 0 Å². The summed E-state index contributed by atoms with van der Waals surface area (Å²) in [5, 5.41) is 10.4. The van der Waals surface area contributed by atoms with E-state index in [-0.39, 0.29) is 28.4 Å². The van der Waals surface area contributed by atoms with E-state index >= 15 is 0 Å². The molecule has 0 bridgehead atoms. The first kappa shape index (κ1) is 14.7. The summed E-state index contributed by atoms with van der Waals surface area (Å²) >= 11 is 0. The smallest absolute Gasteiger partial charge is 0.196 e. The number of rotatable bonds is 4. The first-order valence-electron chi connectivity index (χ1n) is 7.20. The number of hydrogen-bond acceptors (Lipinski definition) is 3. The van der Waals surface area contributed by atoms with Crippen LogP contribution in [0.15, 0.2) is 78.9 Å². The minimum Gasteiger partial charge on any atom is -0.506 e. The fraction of sp³-hybridized carbons (Fsp3) is 0. The number of phenolic OH excluding ortho intramolecular Hbond substituents is 1. The zero-order valence-electron chi connectivity index (χ0n) is 12.3. The number of ketones is 2. The van der Waals surface area contributed by atoms with Crippen LogP contribution >= 0.6 is 0 Å². The Morgan fingerprint density at radius 3 is 1.35 bits per heavy atom. The third-order valence-corrected chi connectivity index (χ3v) is 3.60. The van der Waals surface area contributed by atoms with Crippen molar-refractivity contribution >= 4 is 11.6 Å². The molecule has 3 aromatic carbocycles. The van der Waals surface area contributed by atoms with Crippen molar-refractivity contribution in [2.45, 2.75) is 0 Å². The minimum absolute atomic E-state index is 0.123. The molecular formula is C20H14O3. The van der Waals surface area contributed by atoms with Crippen molar-refractivity contribution < 1.29 is 14.7 Å². The van der Waals surface area contributed by atoms with Crippen LogP contribution in [0.25, 0.3) is 0 Å². The molecule has 0 aliphatic rings. The molecule has 3 rings (SSSR count). The Morgan fingerprint density at radius 2 is 0.957 bits per heavy atom. The van der Waals surface area contributed by atoms with Gasteiger partial charge in [0.1, 0.15) is 5.75 Å². The third kappa shape index (κ3) is 2.90. The number of aromatic hydroxyl groups is 1. The molecule has 0 aromatic heterocycles. The van der Waals surface area contributed by atoms with Crippen molar-refractivity contribution in [2.75, 3.05) is 0 Å². The van der Waals surface area contributed by atoms with Gasteiger partial charge >= 0.3 is 0 Å². The molecule has 0 radical (unpaired) electrons. The highest BCUT2D eigenvalue weighted by molar-refractivity contribution is 6.16. The summed E-state index contributed by atoms with van der Waals surface area (Å²) in [6, 6.07) is 22.0. The summed E-state index contributed by atoms with van der Waals surface area (Å²) in [7, 11) is 0. The first-order chi connectivity index (χ1) is 11.2. The maximum Gasteiger partial charge on any atom is 0.196 e. The lowest BCUT2D eigenvalue weighted by Crippen LogP contribution is -2.06. The average Bonchev–Trinajstić information content (AvgIpc) is 2.62. The van der Waals surface area contributed by atoms with Gasteiger partial charge in [0.2, 0.25) is 0 Å². The van der Waals surface area contributed by atoms with Crippen LogP contribution in [0.4, 0.5) is 0 Å². The zero-order chi connectivity index (χ0) is 16.2. The summed E-state index contributed by atoms with van der Waals surface area (Å²) in [6.45, 7) is 0. The van der Waals surface area contributed by atoms with Crippen LogP contribution in [0, 0.1) is 0 Å². The Bertz CT molecular complexity index is 783. The summed E-state index contributed by atoms with van der Waals surface area (Å²) in [6.07, 6.45) is 0. The number of carbonyl (C=O) groups excluding carboxylic acids is 2. The van der Waals surface area contributed by atoms with Crippen LogP contribution in [-0.2, 0) is 0 Å². The zero-order valence-corrected chi connectivity index (χ0v) is 12.3. The molecule has 0 amide bonds. The molecule has 0 atom stereocenters. The van der Waals surface area contributed by atoms with E-state index in [9.17, 15) is 14.7 Å². The van der Waals surface area contributed by atoms with E-state index in [1.165, 1.54) is 12.1 Å². The van der Waals surface area contributed by atoms with Crippen LogP contribution in [0.5, 0.6) is 5.75 Å². The Balaban J connectivity index is 2.03. The standard InChI is InChI=1S/C20H14O3/c21-18(14-8-3-1-4-9-14)16-12-7-13-17(20(16)23)19(22)15-10-5-2-6-11-15/h1-13,23H. The predicted molar refractivity (Wildman–Crippen MR) is 87.9 cm³/mol. The van der Waals surface area contributed by atoms with Gasteiger partial charge in [-0.1, -0.05) is 66.7 Å². The molecule has 0 saturated heterocycles. The monoisotopic (exact) mass is 302 g/mol. The number of para-hydroxylation sites is 1. The van der Waals surface area contributed by atoms with Crippen LogP contribution in [0.1, 0.15) is 31.8 Å². The molecule has 0 spiro atoms. The molecule has 0 aliphatic heterocycles. The second kappa shape index (κ2) is 6.28. The molecule has 1 N–H and O–H groups in total. The van der Waals surface area contributed by atoms with Crippen LogP contribution in [0.3, 0.4) is 0 Å². The lowest BCUT2D eigenvalue weighted by Gasteiger charge is -2.09. The number of carbonyl (C=O) groups is 2. The van der Waals surface area contributed by atoms with Gasteiger partial charge in [0, 0.05) is 11.1 Å². The van der Waals surface area contributed by atoms with Crippen molar-refractivity contribution in [3.8, 4) is 5.75 Å². The quantitative estimate of drug-likeness (QED) is 0.745. The fourth-order valence-electron chi connectivity index (χ4n) is 2.40. The van der Waals surface area contributed by atoms with Crippen LogP contribution < -0.4 is 0 Å². The summed E-state index contributed by atoms with van der Waals surface area (Å²) in [5.41, 5.74) is 1.18. The third-order valence-electron chi connectivity index (χ3n) is 3.60. The van der Waals surface area contributed by atoms with Crippen LogP contribution in [-0.4, -0.2) is 16.7 Å². The molecule has 0 saturated carbocycles. The molecular weight excluding hydrogens is 288 g/mol. The first-order valence-corrected chi connectivity index (χ1v) is 7.20. The largest absolute Gasteiger partial charge is 0.506 e. The summed E-state index contributed by atoms with van der Waals surface area (Å²) < 4.78 is 0. The topological polar surface area (TPSA) is 54.4 Å². The lowest BCUT2D eigenvalue weighted by atomic mass is 9.96. The lowest BCUT2D eigenvalue weighted by molar-refractivity contribution is 0.103. The highest BCUT2D eigenvalue weighted by atomic mass is 16.3. The van der Waals surface area contributed by atoms with Gasteiger partial charge in [-0.15, -0.1) is 0 Å². The Morgan fingerprint density at radius 1 is 0.565 bits per heavy atom. The van der Waals surface area contributed by atoms with E-state index in [2.05, 4.69) is 0 Å². The van der Waals surface area contributed by atoms with E-state index in [1.54, 1.807) is 54.6 Å². The van der Waals surface area contributed by atoms with Crippen molar-refractivity contribution in [2.24, 2.45) is 0 Å². The summed E-state index contributed by atoms with van der Waals surface area (Å²) in [4.78, 5) is 25.0. The molecule has 0 aliphatic carbocycles. The number of benzene rings is 3. The Labute approximate surface area is 133 Å². The van der Waals surface area contributed by atoms with Gasteiger partial charge in [0.15, 0.2) is 11.6 Å². The van der Waals surface area contributed by atoms with Crippen molar-refractivity contribution in [3.05, 3.63) is 101 Å². The van der Waals surface area contributed by atoms with E-state index < -0.39 is 0 Å². The van der Waals surface area contributed by atoms with Gasteiger partial charge in [0.25, 0.3) is 0 Å². The highest BCUT2D eigenvalue weighted by Crippen LogP contribution is 2.27. The maximum atomic E-state index is 12.5. The Kier molecular flexibility index (Phi) is 4.02. The molecule has 0 heterocycles. The molecule has 0 fully saturated rings. The number of phenols is 1. The van der Waals surface area contributed by atoms with E-state index in [4.69, 9.17) is 0 Å². The second-order valence-corrected chi connectivity index (χ2v) is 5.09. The predicted octanol–water partition coefficient (Wildman–Crippen LogP) is 3.85. The molecule has 3 aromatic rings. The van der Waals surface area contributed by atoms with E-state index in [1.807, 2.05) is 12.1 Å². The average molecular weight is 302 g/mol. The van der Waals surface area contributed by atoms with Crippen molar-refractivity contribution in [1.29, 1.82) is 0 Å². The normalized spacial score (nSPS) is 10.3. The van der Waals surface area contributed by atoms with Gasteiger partial charge in [-0.2, -0.15) is 0 Å². The van der Waals surface area contributed by atoms with Gasteiger partial charge in [-0.3, -0.25) is 9.59 Å². The van der Waals surface area contributed by atoms with Crippen molar-refractivity contribution in [1.82, 2.24) is 0 Å². The second-order valence-electron chi connectivity index (χ2n) is 5.09. The number of hydrogen-bond donors (Lipinski definition) is 1. The minimum atomic E-state index is -0.314. The van der Waals surface area contributed by atoms with Crippen LogP contribution in [0.2, 0.25) is 0 Å². The van der Waals surface area contributed by atoms with Gasteiger partial charge in [-0.05, 0) is 12.1 Å². The molecule has 23 heavy (non-hydrogen) atoms. The fourth-order valence-corrected chi connectivity index (χ4v) is 2.40. The summed E-state index contributed by atoms with van der Waals surface area (Å²) in [5.74, 6) is -0.910. The maximum absolute atomic E-state index is 12.5. The molecule has 3 heteroatoms.